The number of thiazole rings is 1. The maximum Gasteiger partial charge on any atom is 0.270 e. The number of hydrogen-bond acceptors (Lipinski definition) is 8. The molecule has 1 aliphatic heterocycles. The number of methoxy groups -OCH3 is 3. The number of nitrogens with zero attached hydrogens (tertiary/aromatic N) is 2. The van der Waals surface area contributed by atoms with Crippen molar-refractivity contribution in [2.45, 2.75) is 33.9 Å². The lowest BCUT2D eigenvalue weighted by Gasteiger charge is -2.25. The van der Waals surface area contributed by atoms with Crippen molar-refractivity contribution < 1.29 is 23.7 Å². The van der Waals surface area contributed by atoms with Gasteiger partial charge in [0.1, 0.15) is 6.61 Å². The summed E-state index contributed by atoms with van der Waals surface area (Å²) in [5.74, 6) is 2.76. The molecule has 4 rings (SSSR count). The first-order valence-electron chi connectivity index (χ1n) is 11.8. The molecule has 1 aromatic heterocycles. The molecular weight excluding hydrogens is 560 g/mol. The van der Waals surface area contributed by atoms with Gasteiger partial charge in [-0.25, -0.2) is 0 Å². The van der Waals surface area contributed by atoms with E-state index in [0.717, 1.165) is 15.9 Å². The van der Waals surface area contributed by atoms with Gasteiger partial charge in [0.15, 0.2) is 27.8 Å². The van der Waals surface area contributed by atoms with E-state index < -0.39 is 0 Å². The van der Waals surface area contributed by atoms with Crippen molar-refractivity contribution in [3.63, 3.8) is 0 Å². The number of benzene rings is 2. The van der Waals surface area contributed by atoms with E-state index in [-0.39, 0.29) is 17.6 Å². The van der Waals surface area contributed by atoms with E-state index in [4.69, 9.17) is 23.7 Å². The second-order valence-corrected chi connectivity index (χ2v) is 11.2. The van der Waals surface area contributed by atoms with Crippen LogP contribution in [0.3, 0.4) is 0 Å². The Bertz CT molecular complexity index is 1450. The molecule has 0 atom stereocenters. The molecule has 2 heterocycles. The highest BCUT2D eigenvalue weighted by Crippen LogP contribution is 2.40. The molecule has 198 valence electrons. The third-order valence-electron chi connectivity index (χ3n) is 5.85. The summed E-state index contributed by atoms with van der Waals surface area (Å²) < 4.78 is 31.5. The Balaban J connectivity index is 1.67. The van der Waals surface area contributed by atoms with Crippen molar-refractivity contribution in [1.82, 2.24) is 4.57 Å². The third kappa shape index (κ3) is 5.80. The Labute approximate surface area is 228 Å². The average Bonchev–Trinajstić information content (AvgIpc) is 3.16. The lowest BCUT2D eigenvalue weighted by atomic mass is 9.93. The summed E-state index contributed by atoms with van der Waals surface area (Å²) >= 11 is 5.04. The SMILES string of the molecule is CCOc1cc(C=c2sc3n(c2=O)CC(C)(C)CN=3)cc(Br)c1OCc1cc(OC)c(OC)c(OC)c1. The highest BCUT2D eigenvalue weighted by Gasteiger charge is 2.24. The van der Waals surface area contributed by atoms with E-state index in [1.165, 1.54) is 11.3 Å². The number of hydrogen-bond donors (Lipinski definition) is 0. The molecule has 0 saturated heterocycles. The fraction of sp³-hybridized carbons (Fsp3) is 0.407. The molecule has 0 saturated carbocycles. The molecule has 0 spiro atoms. The van der Waals surface area contributed by atoms with Gasteiger partial charge >= 0.3 is 0 Å². The topological polar surface area (TPSA) is 80.5 Å². The van der Waals surface area contributed by atoms with Crippen molar-refractivity contribution in [1.29, 1.82) is 0 Å². The Morgan fingerprint density at radius 2 is 1.73 bits per heavy atom. The first kappa shape index (κ1) is 27.1. The largest absolute Gasteiger partial charge is 0.493 e. The van der Waals surface area contributed by atoms with E-state index in [1.54, 1.807) is 25.9 Å². The van der Waals surface area contributed by atoms with Crippen LogP contribution in [-0.4, -0.2) is 39.0 Å². The van der Waals surface area contributed by atoms with Gasteiger partial charge in [-0.05, 0) is 64.3 Å². The molecule has 2 aromatic carbocycles. The summed E-state index contributed by atoms with van der Waals surface area (Å²) in [6.07, 6.45) is 1.87. The normalized spacial score (nSPS) is 14.5. The van der Waals surface area contributed by atoms with Gasteiger partial charge in [-0.3, -0.25) is 14.4 Å². The van der Waals surface area contributed by atoms with Crippen molar-refractivity contribution in [2.24, 2.45) is 10.4 Å². The lowest BCUT2D eigenvalue weighted by molar-refractivity contribution is 0.265. The first-order valence-corrected chi connectivity index (χ1v) is 13.4. The summed E-state index contributed by atoms with van der Waals surface area (Å²) in [5, 5.41) is 0. The molecular formula is C27H31BrN2O6S. The van der Waals surface area contributed by atoms with Crippen LogP contribution in [0.2, 0.25) is 0 Å². The van der Waals surface area contributed by atoms with Gasteiger partial charge in [0.05, 0.1) is 36.9 Å². The molecule has 0 bridgehead atoms. The first-order chi connectivity index (χ1) is 17.7. The molecule has 8 nitrogen and oxygen atoms in total. The van der Waals surface area contributed by atoms with Crippen LogP contribution < -0.4 is 38.6 Å². The fourth-order valence-electron chi connectivity index (χ4n) is 4.12. The van der Waals surface area contributed by atoms with Crippen LogP contribution in [0.1, 0.15) is 31.9 Å². The maximum absolute atomic E-state index is 13.1. The van der Waals surface area contributed by atoms with Crippen molar-refractivity contribution in [2.75, 3.05) is 34.5 Å². The van der Waals surface area contributed by atoms with E-state index in [9.17, 15) is 4.79 Å². The number of fused-ring (bicyclic) bond motifs is 1. The quantitative estimate of drug-likeness (QED) is 0.372. The van der Waals surface area contributed by atoms with E-state index in [0.29, 0.717) is 57.4 Å². The van der Waals surface area contributed by atoms with Crippen LogP contribution in [0.4, 0.5) is 0 Å². The second-order valence-electron chi connectivity index (χ2n) is 9.35. The molecule has 1 aliphatic rings. The van der Waals surface area contributed by atoms with Crippen LogP contribution in [0.15, 0.2) is 38.5 Å². The number of ether oxygens (including phenoxy) is 5. The van der Waals surface area contributed by atoms with Gasteiger partial charge in [0.2, 0.25) is 5.75 Å². The number of halogens is 1. The molecule has 0 N–H and O–H groups in total. The monoisotopic (exact) mass is 590 g/mol. The molecule has 3 aromatic rings. The highest BCUT2D eigenvalue weighted by atomic mass is 79.9. The third-order valence-corrected chi connectivity index (χ3v) is 7.49. The van der Waals surface area contributed by atoms with Crippen LogP contribution in [-0.2, 0) is 13.2 Å². The molecule has 0 radical (unpaired) electrons. The zero-order valence-electron chi connectivity index (χ0n) is 21.8. The molecule has 0 amide bonds. The van der Waals surface area contributed by atoms with Crippen LogP contribution >= 0.6 is 27.3 Å². The smallest absolute Gasteiger partial charge is 0.270 e. The Morgan fingerprint density at radius 3 is 2.35 bits per heavy atom. The van der Waals surface area contributed by atoms with Crippen molar-refractivity contribution in [3.05, 3.63) is 59.6 Å². The minimum atomic E-state index is -0.0305. The summed E-state index contributed by atoms with van der Waals surface area (Å²) in [5.41, 5.74) is 1.61. The molecule has 37 heavy (non-hydrogen) atoms. The van der Waals surface area contributed by atoms with Crippen LogP contribution in [0.25, 0.3) is 6.08 Å². The van der Waals surface area contributed by atoms with Crippen molar-refractivity contribution in [3.8, 4) is 28.7 Å². The number of rotatable bonds is 9. The summed E-state index contributed by atoms with van der Waals surface area (Å²) in [6, 6.07) is 7.48. The second kappa shape index (κ2) is 11.2. The molecule has 0 unspecified atom stereocenters. The van der Waals surface area contributed by atoms with Gasteiger partial charge in [-0.1, -0.05) is 25.2 Å². The van der Waals surface area contributed by atoms with Gasteiger partial charge in [0, 0.05) is 18.5 Å². The Morgan fingerprint density at radius 1 is 1.03 bits per heavy atom. The van der Waals surface area contributed by atoms with Gasteiger partial charge in [-0.15, -0.1) is 0 Å². The van der Waals surface area contributed by atoms with Gasteiger partial charge in [0.25, 0.3) is 5.56 Å². The fourth-order valence-corrected chi connectivity index (χ4v) is 5.67. The zero-order valence-corrected chi connectivity index (χ0v) is 24.2. The Hall–Kier alpha value is -2.98. The van der Waals surface area contributed by atoms with E-state index in [1.807, 2.05) is 37.3 Å². The van der Waals surface area contributed by atoms with Crippen LogP contribution in [0.5, 0.6) is 28.7 Å². The predicted molar refractivity (Wildman–Crippen MR) is 147 cm³/mol. The minimum absolute atomic E-state index is 0.0201. The standard InChI is InChI=1S/C27H31BrN2O6S/c1-7-35-21-9-16(12-22-25(31)30-15-27(2,3)14-29-26(30)37-22)8-18(28)23(21)36-13-17-10-19(32-4)24(34-6)20(11-17)33-5/h8-12H,7,13-15H2,1-6H3. The van der Waals surface area contributed by atoms with Crippen LogP contribution in [0, 0.1) is 5.41 Å². The zero-order chi connectivity index (χ0) is 26.7. The molecule has 10 heteroatoms. The summed E-state index contributed by atoms with van der Waals surface area (Å²) in [7, 11) is 4.72. The Kier molecular flexibility index (Phi) is 8.18. The average molecular weight is 592 g/mol. The van der Waals surface area contributed by atoms with Crippen molar-refractivity contribution >= 4 is 33.3 Å². The van der Waals surface area contributed by atoms with Gasteiger partial charge in [-0.2, -0.15) is 0 Å². The summed E-state index contributed by atoms with van der Waals surface area (Å²) in [6.45, 7) is 8.23. The van der Waals surface area contributed by atoms with E-state index >= 15 is 0 Å². The highest BCUT2D eigenvalue weighted by molar-refractivity contribution is 9.10. The maximum atomic E-state index is 13.1. The number of aromatic nitrogens is 1. The van der Waals surface area contributed by atoms with Gasteiger partial charge < -0.3 is 23.7 Å². The lowest BCUT2D eigenvalue weighted by Crippen LogP contribution is -2.41. The predicted octanol–water partition coefficient (Wildman–Crippen LogP) is 4.16. The molecule has 0 aliphatic carbocycles. The minimum Gasteiger partial charge on any atom is -0.493 e. The van der Waals surface area contributed by atoms with E-state index in [2.05, 4.69) is 34.8 Å². The molecule has 0 fully saturated rings. The summed E-state index contributed by atoms with van der Waals surface area (Å²) in [4.78, 5) is 18.4.